The van der Waals surface area contributed by atoms with Crippen molar-refractivity contribution in [2.45, 2.75) is 31.8 Å². The maximum atomic E-state index is 12.7. The Morgan fingerprint density at radius 1 is 1.28 bits per heavy atom. The van der Waals surface area contributed by atoms with Crippen molar-refractivity contribution < 1.29 is 9.53 Å². The number of rotatable bonds is 7. The van der Waals surface area contributed by atoms with Crippen LogP contribution in [0.5, 0.6) is 0 Å². The predicted molar refractivity (Wildman–Crippen MR) is 110 cm³/mol. The molecule has 0 spiro atoms. The van der Waals surface area contributed by atoms with Crippen molar-refractivity contribution in [3.05, 3.63) is 64.3 Å². The number of amides is 1. The Labute approximate surface area is 170 Å². The molecule has 4 heterocycles. The lowest BCUT2D eigenvalue weighted by Crippen LogP contribution is -2.51. The molecule has 2 aliphatic heterocycles. The third kappa shape index (κ3) is 4.41. The maximum Gasteiger partial charge on any atom is 0.251 e. The number of carbonyl (C=O) groups is 1. The van der Waals surface area contributed by atoms with Gasteiger partial charge in [-0.1, -0.05) is 12.1 Å². The smallest absolute Gasteiger partial charge is 0.251 e. The number of fused-ring (bicyclic) bond motifs is 4. The second-order valence-electron chi connectivity index (χ2n) is 7.92. The molecule has 0 radical (unpaired) electrons. The molecule has 7 nitrogen and oxygen atoms in total. The quantitative estimate of drug-likeness (QED) is 0.769. The number of aromatic nitrogens is 2. The van der Waals surface area contributed by atoms with Crippen LogP contribution in [-0.4, -0.2) is 53.2 Å². The van der Waals surface area contributed by atoms with E-state index in [9.17, 15) is 9.59 Å². The molecule has 2 bridgehead atoms. The van der Waals surface area contributed by atoms with Crippen LogP contribution in [0.25, 0.3) is 0 Å². The number of ether oxygens (including phenoxy) is 1. The van der Waals surface area contributed by atoms with E-state index < -0.39 is 0 Å². The zero-order chi connectivity index (χ0) is 20.2. The first-order chi connectivity index (χ1) is 14.2. The number of piperidine rings is 1. The molecular formula is C22H28N4O3. The summed E-state index contributed by atoms with van der Waals surface area (Å²) >= 11 is 0. The van der Waals surface area contributed by atoms with Crippen LogP contribution in [0.4, 0.5) is 0 Å². The van der Waals surface area contributed by atoms with Crippen LogP contribution in [0.2, 0.25) is 0 Å². The molecule has 7 heteroatoms. The van der Waals surface area contributed by atoms with E-state index in [2.05, 4.69) is 27.3 Å². The van der Waals surface area contributed by atoms with Gasteiger partial charge < -0.3 is 14.6 Å². The van der Waals surface area contributed by atoms with E-state index in [1.165, 1.54) is 5.56 Å². The van der Waals surface area contributed by atoms with Crippen LogP contribution in [0.15, 0.2) is 47.5 Å². The number of hydrogen-bond acceptors (Lipinski definition) is 5. The Kier molecular flexibility index (Phi) is 6.06. The van der Waals surface area contributed by atoms with Crippen LogP contribution in [0, 0.1) is 5.92 Å². The summed E-state index contributed by atoms with van der Waals surface area (Å²) < 4.78 is 7.12. The lowest BCUT2D eigenvalue weighted by Gasteiger charge is -2.47. The van der Waals surface area contributed by atoms with E-state index in [4.69, 9.17) is 4.74 Å². The van der Waals surface area contributed by atoms with Gasteiger partial charge in [0.15, 0.2) is 0 Å². The third-order valence-corrected chi connectivity index (χ3v) is 5.95. The molecule has 2 aromatic heterocycles. The average molecular weight is 396 g/mol. The molecule has 2 aliphatic rings. The van der Waals surface area contributed by atoms with Crippen molar-refractivity contribution in [2.75, 3.05) is 32.8 Å². The van der Waals surface area contributed by atoms with Crippen molar-refractivity contribution in [1.82, 2.24) is 19.8 Å². The van der Waals surface area contributed by atoms with E-state index in [1.54, 1.807) is 12.3 Å². The summed E-state index contributed by atoms with van der Waals surface area (Å²) in [6.07, 6.45) is 4.74. The van der Waals surface area contributed by atoms with E-state index in [0.717, 1.165) is 31.7 Å². The molecule has 29 heavy (non-hydrogen) atoms. The highest BCUT2D eigenvalue weighted by atomic mass is 16.5. The summed E-state index contributed by atoms with van der Waals surface area (Å²) in [7, 11) is 0. The fourth-order valence-electron chi connectivity index (χ4n) is 4.74. The molecule has 1 saturated heterocycles. The van der Waals surface area contributed by atoms with Gasteiger partial charge in [0.2, 0.25) is 5.91 Å². The average Bonchev–Trinajstić information content (AvgIpc) is 2.73. The topological polar surface area (TPSA) is 76.5 Å². The SMILES string of the molecule is CCOCC(=O)NC[C@H]1[C@H]2C[C@H](CN(Cc3cccnc3)C2)c2cccc(=O)n21. The first kappa shape index (κ1) is 19.8. The molecule has 4 rings (SSSR count). The van der Waals surface area contributed by atoms with Crippen molar-refractivity contribution in [1.29, 1.82) is 0 Å². The van der Waals surface area contributed by atoms with Crippen LogP contribution >= 0.6 is 0 Å². The summed E-state index contributed by atoms with van der Waals surface area (Å²) in [5.41, 5.74) is 2.29. The normalized spacial score (nSPS) is 23.4. The van der Waals surface area contributed by atoms with Crippen LogP contribution in [0.1, 0.15) is 36.6 Å². The molecule has 0 unspecified atom stereocenters. The molecule has 0 aromatic carbocycles. The highest BCUT2D eigenvalue weighted by Gasteiger charge is 2.40. The van der Waals surface area contributed by atoms with Gasteiger partial charge in [0.25, 0.3) is 5.56 Å². The number of carbonyl (C=O) groups excluding carboxylic acids is 1. The Bertz CT molecular complexity index is 898. The van der Waals surface area contributed by atoms with Gasteiger partial charge in [0.05, 0.1) is 6.04 Å². The summed E-state index contributed by atoms with van der Waals surface area (Å²) in [6, 6.07) is 9.54. The van der Waals surface area contributed by atoms with Gasteiger partial charge in [0.1, 0.15) is 6.61 Å². The van der Waals surface area contributed by atoms with Crippen molar-refractivity contribution in [2.24, 2.45) is 5.92 Å². The maximum absolute atomic E-state index is 12.7. The minimum atomic E-state index is -0.137. The number of hydrogen-bond donors (Lipinski definition) is 1. The summed E-state index contributed by atoms with van der Waals surface area (Å²) in [5.74, 6) is 0.502. The first-order valence-corrected chi connectivity index (χ1v) is 10.3. The largest absolute Gasteiger partial charge is 0.372 e. The highest BCUT2D eigenvalue weighted by molar-refractivity contribution is 5.77. The molecule has 154 valence electrons. The minimum Gasteiger partial charge on any atom is -0.372 e. The Morgan fingerprint density at radius 3 is 2.97 bits per heavy atom. The zero-order valence-electron chi connectivity index (χ0n) is 16.8. The second-order valence-corrected chi connectivity index (χ2v) is 7.92. The first-order valence-electron chi connectivity index (χ1n) is 10.3. The van der Waals surface area contributed by atoms with Crippen molar-refractivity contribution in [3.8, 4) is 0 Å². The van der Waals surface area contributed by atoms with E-state index >= 15 is 0 Å². The predicted octanol–water partition coefficient (Wildman–Crippen LogP) is 1.56. The van der Waals surface area contributed by atoms with Crippen LogP contribution < -0.4 is 10.9 Å². The van der Waals surface area contributed by atoms with Crippen LogP contribution in [-0.2, 0) is 16.1 Å². The number of pyridine rings is 2. The number of nitrogens with one attached hydrogen (secondary N) is 1. The molecular weight excluding hydrogens is 368 g/mol. The van der Waals surface area contributed by atoms with Gasteiger partial charge in [-0.2, -0.15) is 0 Å². The molecule has 1 amide bonds. The molecule has 1 N–H and O–H groups in total. The Morgan fingerprint density at radius 2 is 2.17 bits per heavy atom. The minimum absolute atomic E-state index is 0.0157. The summed E-state index contributed by atoms with van der Waals surface area (Å²) in [4.78, 5) is 31.5. The van der Waals surface area contributed by atoms with Gasteiger partial charge in [0, 0.05) is 62.9 Å². The summed E-state index contributed by atoms with van der Waals surface area (Å²) in [5, 5.41) is 2.97. The standard InChI is InChI=1S/C22H28N4O3/c1-2-29-15-21(27)24-11-20-18-9-17(19-6-3-7-22(28)26(19)20)13-25(14-18)12-16-5-4-8-23-10-16/h3-8,10,17-18,20H,2,9,11-15H2,1H3,(H,24,27)/t17-,18+,20+/m1/s1. The van der Waals surface area contributed by atoms with Crippen LogP contribution in [0.3, 0.4) is 0 Å². The van der Waals surface area contributed by atoms with Gasteiger partial charge >= 0.3 is 0 Å². The zero-order valence-corrected chi connectivity index (χ0v) is 16.8. The number of nitrogens with zero attached hydrogens (tertiary/aromatic N) is 3. The van der Waals surface area contributed by atoms with Gasteiger partial charge in [-0.3, -0.25) is 19.5 Å². The van der Waals surface area contributed by atoms with E-state index in [0.29, 0.717) is 25.0 Å². The van der Waals surface area contributed by atoms with E-state index in [-0.39, 0.29) is 24.1 Å². The number of likely N-dealkylation sites (tertiary alicyclic amines) is 1. The fraction of sp³-hybridized carbons (Fsp3) is 0.500. The van der Waals surface area contributed by atoms with E-state index in [1.807, 2.05) is 29.8 Å². The van der Waals surface area contributed by atoms with Crippen molar-refractivity contribution in [3.63, 3.8) is 0 Å². The highest BCUT2D eigenvalue weighted by Crippen LogP contribution is 2.41. The molecule has 1 fully saturated rings. The fourth-order valence-corrected chi connectivity index (χ4v) is 4.74. The molecule has 3 atom stereocenters. The van der Waals surface area contributed by atoms with Gasteiger partial charge in [-0.25, -0.2) is 0 Å². The lowest BCUT2D eigenvalue weighted by molar-refractivity contribution is -0.125. The second kappa shape index (κ2) is 8.88. The Hall–Kier alpha value is -2.51. The third-order valence-electron chi connectivity index (χ3n) is 5.95. The van der Waals surface area contributed by atoms with Crippen molar-refractivity contribution >= 4 is 5.91 Å². The Balaban J connectivity index is 1.55. The van der Waals surface area contributed by atoms with Gasteiger partial charge in [-0.15, -0.1) is 0 Å². The molecule has 0 aliphatic carbocycles. The summed E-state index contributed by atoms with van der Waals surface area (Å²) in [6.45, 7) is 5.55. The lowest BCUT2D eigenvalue weighted by atomic mass is 9.78. The monoisotopic (exact) mass is 396 g/mol. The molecule has 0 saturated carbocycles. The molecule has 2 aromatic rings. The van der Waals surface area contributed by atoms with Gasteiger partial charge in [-0.05, 0) is 37.0 Å².